The van der Waals surface area contributed by atoms with Crippen LogP contribution in [0, 0.1) is 0 Å². The Morgan fingerprint density at radius 1 is 1.38 bits per heavy atom. The molecule has 0 fully saturated rings. The van der Waals surface area contributed by atoms with Crippen molar-refractivity contribution in [3.8, 4) is 0 Å². The van der Waals surface area contributed by atoms with Gasteiger partial charge in [0, 0.05) is 18.3 Å². The van der Waals surface area contributed by atoms with E-state index < -0.39 is 0 Å². The molecule has 2 rings (SSSR count). The van der Waals surface area contributed by atoms with E-state index >= 15 is 0 Å². The predicted molar refractivity (Wildman–Crippen MR) is 62.9 cm³/mol. The predicted octanol–water partition coefficient (Wildman–Crippen LogP) is 2.15. The molecule has 0 aromatic carbocycles. The van der Waals surface area contributed by atoms with E-state index in [0.717, 1.165) is 11.1 Å². The maximum Gasteiger partial charge on any atom is 0.0813 e. The van der Waals surface area contributed by atoms with Gasteiger partial charge in [0.05, 0.1) is 17.3 Å². The molecule has 2 heterocycles. The average Bonchev–Trinajstić information content (AvgIpc) is 2.60. The van der Waals surface area contributed by atoms with Gasteiger partial charge in [0.25, 0.3) is 0 Å². The number of pyridine rings is 1. The van der Waals surface area contributed by atoms with E-state index in [0.29, 0.717) is 6.54 Å². The molecule has 0 aliphatic heterocycles. The minimum Gasteiger partial charge on any atom is -0.296 e. The van der Waals surface area contributed by atoms with Gasteiger partial charge in [0.2, 0.25) is 0 Å². The van der Waals surface area contributed by atoms with Gasteiger partial charge in [-0.3, -0.25) is 4.84 Å². The normalized spacial score (nSPS) is 12.2. The number of hydrogen-bond donors (Lipinski definition) is 1. The zero-order chi connectivity index (χ0) is 11.6. The third-order valence-corrected chi connectivity index (χ3v) is 2.15. The summed E-state index contributed by atoms with van der Waals surface area (Å²) in [6.45, 7) is 6.69. The standard InChI is InChI=1S/C12H17N3O/c1-12(2,3)16-14-9-10-8-13-15-7-5-4-6-11(10)15/h4-8,14H,9H2,1-3H3. The van der Waals surface area contributed by atoms with E-state index in [9.17, 15) is 0 Å². The number of nitrogens with one attached hydrogen (secondary N) is 1. The Labute approximate surface area is 95.2 Å². The summed E-state index contributed by atoms with van der Waals surface area (Å²) in [4.78, 5) is 5.46. The molecule has 16 heavy (non-hydrogen) atoms. The van der Waals surface area contributed by atoms with Crippen LogP contribution in [0.4, 0.5) is 0 Å². The number of nitrogens with zero attached hydrogens (tertiary/aromatic N) is 2. The monoisotopic (exact) mass is 219 g/mol. The maximum atomic E-state index is 5.46. The average molecular weight is 219 g/mol. The topological polar surface area (TPSA) is 38.6 Å². The number of hydrogen-bond acceptors (Lipinski definition) is 3. The van der Waals surface area contributed by atoms with Gasteiger partial charge in [-0.25, -0.2) is 4.52 Å². The van der Waals surface area contributed by atoms with Crippen molar-refractivity contribution >= 4 is 5.52 Å². The van der Waals surface area contributed by atoms with Crippen molar-refractivity contribution in [2.45, 2.75) is 32.9 Å². The van der Waals surface area contributed by atoms with Crippen LogP contribution in [0.5, 0.6) is 0 Å². The van der Waals surface area contributed by atoms with Gasteiger partial charge in [-0.1, -0.05) is 6.07 Å². The highest BCUT2D eigenvalue weighted by Gasteiger charge is 2.10. The van der Waals surface area contributed by atoms with Crippen LogP contribution >= 0.6 is 0 Å². The van der Waals surface area contributed by atoms with Gasteiger partial charge in [-0.2, -0.15) is 10.6 Å². The fourth-order valence-corrected chi connectivity index (χ4v) is 1.45. The van der Waals surface area contributed by atoms with Crippen molar-refractivity contribution < 1.29 is 4.84 Å². The lowest BCUT2D eigenvalue weighted by atomic mass is 10.2. The van der Waals surface area contributed by atoms with E-state index in [1.165, 1.54) is 0 Å². The highest BCUT2D eigenvalue weighted by atomic mass is 16.7. The Morgan fingerprint density at radius 3 is 2.94 bits per heavy atom. The van der Waals surface area contributed by atoms with Crippen LogP contribution in [-0.2, 0) is 11.4 Å². The van der Waals surface area contributed by atoms with Crippen molar-refractivity contribution in [1.82, 2.24) is 15.1 Å². The summed E-state index contributed by atoms with van der Waals surface area (Å²) >= 11 is 0. The summed E-state index contributed by atoms with van der Waals surface area (Å²) in [5.41, 5.74) is 5.02. The van der Waals surface area contributed by atoms with Crippen molar-refractivity contribution in [2.75, 3.05) is 0 Å². The second-order valence-electron chi connectivity index (χ2n) is 4.74. The molecule has 0 radical (unpaired) electrons. The van der Waals surface area contributed by atoms with Crippen LogP contribution in [-0.4, -0.2) is 15.2 Å². The quantitative estimate of drug-likeness (QED) is 0.804. The minimum absolute atomic E-state index is 0.178. The number of fused-ring (bicyclic) bond motifs is 1. The first-order valence-electron chi connectivity index (χ1n) is 5.38. The van der Waals surface area contributed by atoms with E-state index in [1.54, 1.807) is 0 Å². The Morgan fingerprint density at radius 2 is 2.19 bits per heavy atom. The Kier molecular flexibility index (Phi) is 2.94. The molecule has 0 spiro atoms. The third kappa shape index (κ3) is 2.59. The summed E-state index contributed by atoms with van der Waals surface area (Å²) < 4.78 is 1.86. The summed E-state index contributed by atoms with van der Waals surface area (Å²) in [6, 6.07) is 6.01. The smallest absolute Gasteiger partial charge is 0.0813 e. The molecule has 0 amide bonds. The highest BCUT2D eigenvalue weighted by Crippen LogP contribution is 2.10. The van der Waals surface area contributed by atoms with Crippen LogP contribution < -0.4 is 5.48 Å². The lowest BCUT2D eigenvalue weighted by molar-refractivity contribution is -0.0756. The molecule has 86 valence electrons. The Hall–Kier alpha value is -1.39. The summed E-state index contributed by atoms with van der Waals surface area (Å²) in [7, 11) is 0. The Bertz CT molecular complexity index is 470. The molecule has 0 saturated heterocycles. The van der Waals surface area contributed by atoms with Crippen LogP contribution in [0.15, 0.2) is 30.6 Å². The fourth-order valence-electron chi connectivity index (χ4n) is 1.45. The highest BCUT2D eigenvalue weighted by molar-refractivity contribution is 5.53. The molecule has 0 unspecified atom stereocenters. The van der Waals surface area contributed by atoms with E-state index in [4.69, 9.17) is 4.84 Å². The van der Waals surface area contributed by atoms with Crippen molar-refractivity contribution in [2.24, 2.45) is 0 Å². The largest absolute Gasteiger partial charge is 0.296 e. The molecule has 2 aromatic rings. The number of rotatable bonds is 3. The van der Waals surface area contributed by atoms with Gasteiger partial charge >= 0.3 is 0 Å². The SMILES string of the molecule is CC(C)(C)ONCc1cnn2ccccc12. The number of hydroxylamine groups is 1. The first-order valence-corrected chi connectivity index (χ1v) is 5.38. The third-order valence-electron chi connectivity index (χ3n) is 2.15. The van der Waals surface area contributed by atoms with E-state index in [-0.39, 0.29) is 5.60 Å². The van der Waals surface area contributed by atoms with Gasteiger partial charge in [-0.05, 0) is 32.9 Å². The summed E-state index contributed by atoms with van der Waals surface area (Å²) in [6.07, 6.45) is 3.79. The first kappa shape index (κ1) is 11.1. The molecule has 0 atom stereocenters. The van der Waals surface area contributed by atoms with Crippen molar-refractivity contribution in [3.05, 3.63) is 36.2 Å². The fraction of sp³-hybridized carbons (Fsp3) is 0.417. The molecular formula is C12H17N3O. The van der Waals surface area contributed by atoms with Gasteiger partial charge in [-0.15, -0.1) is 0 Å². The second kappa shape index (κ2) is 4.23. The Balaban J connectivity index is 2.05. The molecule has 1 N–H and O–H groups in total. The molecule has 2 aromatic heterocycles. The summed E-state index contributed by atoms with van der Waals surface area (Å²) in [5.74, 6) is 0. The maximum absolute atomic E-state index is 5.46. The molecule has 0 bridgehead atoms. The van der Waals surface area contributed by atoms with Crippen LogP contribution in [0.25, 0.3) is 5.52 Å². The molecule has 0 saturated carbocycles. The van der Waals surface area contributed by atoms with Crippen molar-refractivity contribution in [1.29, 1.82) is 0 Å². The molecule has 4 nitrogen and oxygen atoms in total. The lowest BCUT2D eigenvalue weighted by Crippen LogP contribution is -2.28. The molecule has 0 aliphatic rings. The van der Waals surface area contributed by atoms with Gasteiger partial charge in [0.15, 0.2) is 0 Å². The van der Waals surface area contributed by atoms with Gasteiger partial charge in [0.1, 0.15) is 0 Å². The van der Waals surface area contributed by atoms with Crippen molar-refractivity contribution in [3.63, 3.8) is 0 Å². The van der Waals surface area contributed by atoms with Crippen LogP contribution in [0.2, 0.25) is 0 Å². The molecular weight excluding hydrogens is 202 g/mol. The van der Waals surface area contributed by atoms with Gasteiger partial charge < -0.3 is 0 Å². The zero-order valence-corrected chi connectivity index (χ0v) is 9.90. The number of aromatic nitrogens is 2. The molecule has 4 heteroatoms. The zero-order valence-electron chi connectivity index (χ0n) is 9.90. The minimum atomic E-state index is -0.178. The summed E-state index contributed by atoms with van der Waals surface area (Å²) in [5, 5.41) is 4.25. The lowest BCUT2D eigenvalue weighted by Gasteiger charge is -2.19. The van der Waals surface area contributed by atoms with Crippen LogP contribution in [0.1, 0.15) is 26.3 Å². The second-order valence-corrected chi connectivity index (χ2v) is 4.74. The first-order chi connectivity index (χ1) is 7.56. The van der Waals surface area contributed by atoms with E-state index in [1.807, 2.05) is 55.9 Å². The van der Waals surface area contributed by atoms with E-state index in [2.05, 4.69) is 10.6 Å². The van der Waals surface area contributed by atoms with Crippen LogP contribution in [0.3, 0.4) is 0 Å². The molecule has 0 aliphatic carbocycles.